The Hall–Kier alpha value is -4.06. The molecule has 0 fully saturated rings. The Bertz CT molecular complexity index is 1150. The quantitative estimate of drug-likeness (QED) is 0.134. The molecule has 0 spiro atoms. The summed E-state index contributed by atoms with van der Waals surface area (Å²) in [5.74, 6) is -1.34. The molecule has 0 saturated heterocycles. The number of halogens is 4. The maximum atomic E-state index is 12.8. The third kappa shape index (κ3) is 7.73. The van der Waals surface area contributed by atoms with E-state index in [2.05, 4.69) is 18.5 Å². The van der Waals surface area contributed by atoms with Crippen LogP contribution >= 0.6 is 11.6 Å². The van der Waals surface area contributed by atoms with E-state index in [-0.39, 0.29) is 42.8 Å². The van der Waals surface area contributed by atoms with E-state index in [1.165, 1.54) is 17.1 Å². The maximum absolute atomic E-state index is 12.8. The van der Waals surface area contributed by atoms with Crippen molar-refractivity contribution in [3.63, 3.8) is 0 Å². The van der Waals surface area contributed by atoms with Crippen LogP contribution in [0.3, 0.4) is 0 Å². The molecule has 0 atom stereocenters. The molecule has 0 aliphatic rings. The number of nitrogens with one attached hydrogen (secondary N) is 1. The summed E-state index contributed by atoms with van der Waals surface area (Å²) in [5.41, 5.74) is -2.04. The number of ether oxygens (including phenoxy) is 2. The van der Waals surface area contributed by atoms with Crippen LogP contribution in [-0.4, -0.2) is 48.1 Å². The van der Waals surface area contributed by atoms with Crippen LogP contribution in [0.5, 0.6) is 11.5 Å². The normalized spacial score (nSPS) is 10.8. The van der Waals surface area contributed by atoms with Crippen LogP contribution in [0.4, 0.5) is 23.7 Å². The lowest BCUT2D eigenvalue weighted by Crippen LogP contribution is -2.41. The van der Waals surface area contributed by atoms with Gasteiger partial charge in [0.05, 0.1) is 22.1 Å². The van der Waals surface area contributed by atoms with Gasteiger partial charge < -0.3 is 19.7 Å². The second-order valence-electron chi connectivity index (χ2n) is 7.03. The van der Waals surface area contributed by atoms with Crippen LogP contribution < -0.4 is 10.1 Å². The van der Waals surface area contributed by atoms with E-state index in [0.717, 1.165) is 30.3 Å². The summed E-state index contributed by atoms with van der Waals surface area (Å²) < 4.78 is 48.9. The number of nitrogens with zero attached hydrogens (tertiary/aromatic N) is 2. The molecule has 192 valence electrons. The van der Waals surface area contributed by atoms with Crippen LogP contribution in [-0.2, 0) is 10.9 Å². The molecule has 0 aromatic heterocycles. The monoisotopic (exact) mass is 527 g/mol. The van der Waals surface area contributed by atoms with E-state index in [9.17, 15) is 32.9 Å². The highest BCUT2D eigenvalue weighted by Crippen LogP contribution is 2.37. The zero-order chi connectivity index (χ0) is 26.9. The zero-order valence-electron chi connectivity index (χ0n) is 18.7. The van der Waals surface area contributed by atoms with Crippen LogP contribution in [0.2, 0.25) is 5.02 Å². The first-order valence-corrected chi connectivity index (χ1v) is 10.6. The minimum absolute atomic E-state index is 0.0828. The summed E-state index contributed by atoms with van der Waals surface area (Å²) >= 11 is 5.87. The summed E-state index contributed by atoms with van der Waals surface area (Å²) in [6, 6.07) is 5.07. The van der Waals surface area contributed by atoms with Gasteiger partial charge in [0.25, 0.3) is 5.69 Å². The number of benzene rings is 2. The minimum atomic E-state index is -4.61. The third-order valence-electron chi connectivity index (χ3n) is 4.47. The van der Waals surface area contributed by atoms with Crippen molar-refractivity contribution in [2.24, 2.45) is 0 Å². The van der Waals surface area contributed by atoms with E-state index in [0.29, 0.717) is 6.07 Å². The van der Waals surface area contributed by atoms with E-state index in [1.54, 1.807) is 0 Å². The lowest BCUT2D eigenvalue weighted by Gasteiger charge is -2.19. The Kier molecular flexibility index (Phi) is 9.85. The molecular weight excluding hydrogens is 507 g/mol. The second-order valence-corrected chi connectivity index (χ2v) is 7.44. The first kappa shape index (κ1) is 28.2. The summed E-state index contributed by atoms with van der Waals surface area (Å²) in [5, 5.41) is 13.5. The van der Waals surface area contributed by atoms with E-state index < -0.39 is 39.9 Å². The molecule has 9 nitrogen and oxygen atoms in total. The molecule has 0 unspecified atom stereocenters. The van der Waals surface area contributed by atoms with Crippen molar-refractivity contribution in [2.45, 2.75) is 6.18 Å². The fourth-order valence-corrected chi connectivity index (χ4v) is 3.05. The highest BCUT2D eigenvalue weighted by atomic mass is 35.5. The molecule has 2 aromatic carbocycles. The van der Waals surface area contributed by atoms with Gasteiger partial charge in [-0.2, -0.15) is 13.2 Å². The number of urea groups is 1. The number of alkyl halides is 3. The van der Waals surface area contributed by atoms with E-state index in [1.807, 2.05) is 0 Å². The van der Waals surface area contributed by atoms with E-state index >= 15 is 0 Å². The molecule has 1 N–H and O–H groups in total. The highest BCUT2D eigenvalue weighted by molar-refractivity contribution is 6.32. The van der Waals surface area contributed by atoms with Gasteiger partial charge in [-0.3, -0.25) is 10.1 Å². The van der Waals surface area contributed by atoms with Gasteiger partial charge in [0.2, 0.25) is 0 Å². The van der Waals surface area contributed by atoms with Crippen LogP contribution in [0.1, 0.15) is 15.9 Å². The highest BCUT2D eigenvalue weighted by Gasteiger charge is 2.31. The zero-order valence-corrected chi connectivity index (χ0v) is 19.5. The first-order chi connectivity index (χ1) is 17.0. The summed E-state index contributed by atoms with van der Waals surface area (Å²) in [7, 11) is 0. The number of amides is 2. The summed E-state index contributed by atoms with van der Waals surface area (Å²) in [6.45, 7) is 7.24. The van der Waals surface area contributed by atoms with Crippen molar-refractivity contribution >= 4 is 29.3 Å². The third-order valence-corrected chi connectivity index (χ3v) is 4.76. The van der Waals surface area contributed by atoms with Crippen molar-refractivity contribution in [1.29, 1.82) is 0 Å². The Balaban J connectivity index is 2.10. The molecule has 36 heavy (non-hydrogen) atoms. The number of hydrogen-bond donors (Lipinski definition) is 1. The van der Waals surface area contributed by atoms with Crippen molar-refractivity contribution < 1.29 is 37.2 Å². The Morgan fingerprint density at radius 2 is 1.81 bits per heavy atom. The van der Waals surface area contributed by atoms with Gasteiger partial charge in [0.15, 0.2) is 0 Å². The van der Waals surface area contributed by atoms with Crippen LogP contribution in [0.25, 0.3) is 0 Å². The maximum Gasteiger partial charge on any atom is 0.416 e. The lowest BCUT2D eigenvalue weighted by molar-refractivity contribution is -0.385. The van der Waals surface area contributed by atoms with Gasteiger partial charge in [-0.15, -0.1) is 13.2 Å². The molecular formula is C23H21ClF3N3O6. The molecule has 2 rings (SSSR count). The Labute approximate surface area is 208 Å². The number of carbonyl (C=O) groups is 2. The van der Waals surface area contributed by atoms with Crippen molar-refractivity contribution in [2.75, 3.05) is 26.2 Å². The minimum Gasteiger partial charge on any atom is -0.460 e. The van der Waals surface area contributed by atoms with Gasteiger partial charge in [-0.25, -0.2) is 9.59 Å². The van der Waals surface area contributed by atoms with Gasteiger partial charge >= 0.3 is 18.2 Å². The molecule has 0 radical (unpaired) electrons. The Morgan fingerprint density at radius 1 is 1.14 bits per heavy atom. The van der Waals surface area contributed by atoms with Gasteiger partial charge in [0.1, 0.15) is 23.7 Å². The largest absolute Gasteiger partial charge is 0.460 e. The fraction of sp³-hybridized carbons (Fsp3) is 0.217. The standard InChI is InChI=1S/C23H21ClF3N3O6/c1-3-10-29(11-4-2)22(32)28-9-12-35-21(31)17-14-16(6-7-19(17)30(33)34)36-20-8-5-15(13-18(20)24)23(25,26)27/h3-8,13-14H,1-2,9-12H2,(H,28,32). The SMILES string of the molecule is C=CCN(CC=C)C(=O)NCCOC(=O)c1cc(Oc2ccc(C(F)(F)F)cc2Cl)ccc1[N+](=O)[O-]. The molecule has 0 heterocycles. The smallest absolute Gasteiger partial charge is 0.416 e. The van der Waals surface area contributed by atoms with Crippen molar-refractivity contribution in [3.05, 3.63) is 88.0 Å². The molecule has 2 aromatic rings. The molecule has 13 heteroatoms. The number of rotatable bonds is 11. The summed E-state index contributed by atoms with van der Waals surface area (Å²) in [4.78, 5) is 36.5. The second kappa shape index (κ2) is 12.6. The van der Waals surface area contributed by atoms with Crippen molar-refractivity contribution in [3.8, 4) is 11.5 Å². The molecule has 0 aliphatic carbocycles. The van der Waals surface area contributed by atoms with Gasteiger partial charge in [-0.1, -0.05) is 23.8 Å². The number of nitro groups is 1. The molecule has 2 amide bonds. The fourth-order valence-electron chi connectivity index (χ4n) is 2.83. The number of nitro benzene ring substituents is 1. The molecule has 0 saturated carbocycles. The van der Waals surface area contributed by atoms with Crippen LogP contribution in [0.15, 0.2) is 61.7 Å². The predicted molar refractivity (Wildman–Crippen MR) is 125 cm³/mol. The summed E-state index contributed by atoms with van der Waals surface area (Å²) in [6.07, 6.45) is -1.56. The lowest BCUT2D eigenvalue weighted by atomic mass is 10.1. The predicted octanol–water partition coefficient (Wildman–Crippen LogP) is 5.60. The average Bonchev–Trinajstić information content (AvgIpc) is 2.81. The van der Waals surface area contributed by atoms with Crippen LogP contribution in [0, 0.1) is 10.1 Å². The number of carbonyl (C=O) groups excluding carboxylic acids is 2. The number of hydrogen-bond acceptors (Lipinski definition) is 6. The first-order valence-electron chi connectivity index (χ1n) is 10.2. The molecule has 0 aliphatic heterocycles. The molecule has 0 bridgehead atoms. The van der Waals surface area contributed by atoms with Gasteiger partial charge in [0, 0.05) is 25.2 Å². The number of esters is 1. The van der Waals surface area contributed by atoms with Crippen molar-refractivity contribution in [1.82, 2.24) is 10.2 Å². The van der Waals surface area contributed by atoms with Gasteiger partial charge in [-0.05, 0) is 24.3 Å². The topological polar surface area (TPSA) is 111 Å². The Morgan fingerprint density at radius 3 is 2.36 bits per heavy atom. The van der Waals surface area contributed by atoms with E-state index in [4.69, 9.17) is 21.1 Å². The average molecular weight is 528 g/mol.